The number of nitrogens with one attached hydrogen (secondary N) is 3. The van der Waals surface area contributed by atoms with Crippen LogP contribution in [0.2, 0.25) is 0 Å². The lowest BCUT2D eigenvalue weighted by molar-refractivity contribution is -0.136. The van der Waals surface area contributed by atoms with Crippen LogP contribution >= 0.6 is 11.3 Å². The largest absolute Gasteiger partial charge is 0.497 e. The number of ether oxygens (including phenoxy) is 1. The van der Waals surface area contributed by atoms with Crippen molar-refractivity contribution in [1.82, 2.24) is 25.6 Å². The topological polar surface area (TPSA) is 206 Å². The molecule has 3 aromatic rings. The second-order valence-corrected chi connectivity index (χ2v) is 10.9. The predicted molar refractivity (Wildman–Crippen MR) is 125 cm³/mol. The molecule has 2 aromatic heterocycles. The van der Waals surface area contributed by atoms with E-state index in [1.54, 1.807) is 12.1 Å². The molecule has 1 saturated carbocycles. The van der Waals surface area contributed by atoms with Gasteiger partial charge in [-0.2, -0.15) is 0 Å². The van der Waals surface area contributed by atoms with Gasteiger partial charge in [0.2, 0.25) is 0 Å². The molecule has 2 heterocycles. The van der Waals surface area contributed by atoms with Crippen molar-refractivity contribution in [3.63, 3.8) is 0 Å². The molecule has 0 atom stereocenters. The first-order chi connectivity index (χ1) is 17.2. The Kier molecular flexibility index (Phi) is 7.25. The van der Waals surface area contributed by atoms with Gasteiger partial charge in [0, 0.05) is 11.5 Å². The van der Waals surface area contributed by atoms with E-state index in [1.165, 1.54) is 13.2 Å². The van der Waals surface area contributed by atoms with Crippen LogP contribution in [0, 0.1) is 5.92 Å². The number of Topliss-reactive ketones (excluding diaryl/α,β-unsaturated/α-hetero) is 1. The molecule has 0 spiro atoms. The normalized spacial score (nSPS) is 13.9. The van der Waals surface area contributed by atoms with E-state index in [0.717, 1.165) is 25.7 Å². The van der Waals surface area contributed by atoms with E-state index in [1.807, 2.05) is 0 Å². The number of anilines is 2. The molecule has 0 saturated heterocycles. The van der Waals surface area contributed by atoms with Crippen LogP contribution < -0.4 is 15.4 Å². The Hall–Kier alpha value is -3.92. The van der Waals surface area contributed by atoms with E-state index in [0.29, 0.717) is 22.6 Å². The number of H-pyrrole nitrogens is 1. The first kappa shape index (κ1) is 25.2. The van der Waals surface area contributed by atoms with Crippen LogP contribution in [0.1, 0.15) is 41.7 Å². The monoisotopic (exact) mass is 535 g/mol. The summed E-state index contributed by atoms with van der Waals surface area (Å²) in [6, 6.07) is 3.87. The van der Waals surface area contributed by atoms with Gasteiger partial charge in [-0.1, -0.05) is 29.3 Å². The van der Waals surface area contributed by atoms with Gasteiger partial charge in [-0.15, -0.1) is 0 Å². The molecule has 4 rings (SSSR count). The van der Waals surface area contributed by atoms with Gasteiger partial charge < -0.3 is 15.2 Å². The van der Waals surface area contributed by atoms with Gasteiger partial charge in [-0.3, -0.25) is 14.9 Å². The SMILES string of the molecule is COc1ccc(NC(=O)Nc2nc(CC(=O)O)c(S(=O)(=O)c3nnn[nH]3)s2)c(C(=O)C2CCCC2)c1. The Morgan fingerprint density at radius 3 is 2.61 bits per heavy atom. The van der Waals surface area contributed by atoms with Crippen molar-refractivity contribution in [3.8, 4) is 5.75 Å². The van der Waals surface area contributed by atoms with Crippen molar-refractivity contribution in [2.75, 3.05) is 17.7 Å². The molecule has 0 unspecified atom stereocenters. The number of methoxy groups -OCH3 is 1. The Morgan fingerprint density at radius 1 is 1.22 bits per heavy atom. The van der Waals surface area contributed by atoms with Crippen LogP contribution in [0.3, 0.4) is 0 Å². The summed E-state index contributed by atoms with van der Waals surface area (Å²) in [4.78, 5) is 41.0. The summed E-state index contributed by atoms with van der Waals surface area (Å²) in [5.74, 6) is -1.11. The number of urea groups is 1. The molecule has 0 radical (unpaired) electrons. The molecule has 14 nitrogen and oxygen atoms in total. The van der Waals surface area contributed by atoms with Crippen molar-refractivity contribution in [2.24, 2.45) is 5.92 Å². The van der Waals surface area contributed by atoms with E-state index < -0.39 is 37.6 Å². The van der Waals surface area contributed by atoms with Gasteiger partial charge in [0.1, 0.15) is 5.75 Å². The van der Waals surface area contributed by atoms with Gasteiger partial charge in [0.25, 0.3) is 15.0 Å². The number of hydrogen-bond donors (Lipinski definition) is 4. The van der Waals surface area contributed by atoms with E-state index in [-0.39, 0.29) is 28.2 Å². The number of carboxylic acids is 1. The Morgan fingerprint density at radius 2 is 1.97 bits per heavy atom. The maximum Gasteiger partial charge on any atom is 0.325 e. The second-order valence-electron chi connectivity index (χ2n) is 7.87. The van der Waals surface area contributed by atoms with Gasteiger partial charge in [0.05, 0.1) is 24.9 Å². The average Bonchev–Trinajstić information content (AvgIpc) is 3.61. The quantitative estimate of drug-likeness (QED) is 0.292. The van der Waals surface area contributed by atoms with E-state index in [2.05, 4.69) is 36.2 Å². The number of sulfone groups is 1. The third kappa shape index (κ3) is 5.33. The lowest BCUT2D eigenvalue weighted by atomic mass is 9.95. The summed E-state index contributed by atoms with van der Waals surface area (Å²) in [5, 5.41) is 25.3. The summed E-state index contributed by atoms with van der Waals surface area (Å²) in [5.41, 5.74) is 0.247. The third-order valence-electron chi connectivity index (χ3n) is 5.49. The van der Waals surface area contributed by atoms with Gasteiger partial charge in [0.15, 0.2) is 15.1 Å². The fraction of sp³-hybridized carbons (Fsp3) is 0.350. The molecule has 1 aromatic carbocycles. The van der Waals surface area contributed by atoms with Crippen LogP contribution in [0.15, 0.2) is 27.6 Å². The Bertz CT molecular complexity index is 1400. The smallest absolute Gasteiger partial charge is 0.325 e. The summed E-state index contributed by atoms with van der Waals surface area (Å²) in [6.45, 7) is 0. The molecule has 0 aliphatic heterocycles. The summed E-state index contributed by atoms with van der Waals surface area (Å²) in [6.07, 6.45) is 2.74. The molecule has 1 aliphatic carbocycles. The number of tetrazole rings is 1. The highest BCUT2D eigenvalue weighted by atomic mass is 32.2. The van der Waals surface area contributed by atoms with Gasteiger partial charge >= 0.3 is 12.0 Å². The van der Waals surface area contributed by atoms with Gasteiger partial charge in [-0.05, 0) is 41.5 Å². The lowest BCUT2D eigenvalue weighted by Gasteiger charge is -2.15. The molecule has 1 aliphatic rings. The first-order valence-electron chi connectivity index (χ1n) is 10.7. The molecule has 36 heavy (non-hydrogen) atoms. The van der Waals surface area contributed by atoms with Crippen LogP contribution in [0.4, 0.5) is 15.6 Å². The number of aromatic nitrogens is 5. The maximum atomic E-state index is 13.1. The molecular weight excluding hydrogens is 514 g/mol. The first-order valence-corrected chi connectivity index (χ1v) is 13.0. The number of amides is 2. The van der Waals surface area contributed by atoms with Crippen LogP contribution in [-0.2, 0) is 21.1 Å². The number of aliphatic carboxylic acids is 1. The van der Waals surface area contributed by atoms with Crippen molar-refractivity contribution >= 4 is 49.8 Å². The molecule has 4 N–H and O–H groups in total. The number of hydrogen-bond acceptors (Lipinski definition) is 11. The highest BCUT2D eigenvalue weighted by molar-refractivity contribution is 7.93. The van der Waals surface area contributed by atoms with Gasteiger partial charge in [-0.25, -0.2) is 23.3 Å². The van der Waals surface area contributed by atoms with Crippen molar-refractivity contribution in [3.05, 3.63) is 29.5 Å². The zero-order valence-corrected chi connectivity index (χ0v) is 20.5. The Balaban J connectivity index is 1.59. The number of thiazole rings is 1. The van der Waals surface area contributed by atoms with E-state index in [4.69, 9.17) is 9.84 Å². The van der Waals surface area contributed by atoms with E-state index >= 15 is 0 Å². The zero-order chi connectivity index (χ0) is 25.9. The number of benzene rings is 1. The highest BCUT2D eigenvalue weighted by Gasteiger charge is 2.31. The standard InChI is InChI=1S/C20H21N7O7S2/c1-34-11-6-7-13(12(8-11)16(30)10-4-2-3-5-10)21-18(31)23-19-22-14(9-15(28)29)17(35-19)36(32,33)20-24-26-27-25-20/h6-8,10H,2-5,9H2,1H3,(H,28,29)(H2,21,22,23,31)(H,24,25,26,27). The molecule has 1 fully saturated rings. The molecule has 16 heteroatoms. The Labute approximate surface area is 208 Å². The third-order valence-corrected chi connectivity index (χ3v) is 8.61. The van der Waals surface area contributed by atoms with Crippen LogP contribution in [0.25, 0.3) is 0 Å². The fourth-order valence-electron chi connectivity index (χ4n) is 3.83. The maximum absolute atomic E-state index is 13.1. The van der Waals surface area contributed by atoms with Crippen LogP contribution in [-0.4, -0.2) is 64.0 Å². The molecular formula is C20H21N7O7S2. The summed E-state index contributed by atoms with van der Waals surface area (Å²) < 4.78 is 30.4. The number of ketones is 1. The summed E-state index contributed by atoms with van der Waals surface area (Å²) >= 11 is 0.546. The second kappa shape index (κ2) is 10.4. The average molecular weight is 536 g/mol. The fourth-order valence-corrected chi connectivity index (χ4v) is 6.36. The van der Waals surface area contributed by atoms with Crippen molar-refractivity contribution in [2.45, 2.75) is 41.5 Å². The number of carboxylic acid groups (broad SMARTS) is 1. The number of aromatic amines is 1. The predicted octanol–water partition coefficient (Wildman–Crippen LogP) is 2.14. The summed E-state index contributed by atoms with van der Waals surface area (Å²) in [7, 11) is -2.84. The van der Waals surface area contributed by atoms with Crippen molar-refractivity contribution in [1.29, 1.82) is 0 Å². The number of nitrogens with zero attached hydrogens (tertiary/aromatic N) is 4. The molecule has 190 valence electrons. The minimum Gasteiger partial charge on any atom is -0.497 e. The lowest BCUT2D eigenvalue weighted by Crippen LogP contribution is -2.22. The van der Waals surface area contributed by atoms with Crippen molar-refractivity contribution < 1.29 is 32.6 Å². The van der Waals surface area contributed by atoms with E-state index in [9.17, 15) is 22.8 Å². The number of rotatable bonds is 9. The molecule has 0 bridgehead atoms. The molecule has 2 amide bonds. The minimum absolute atomic E-state index is 0.103. The number of carbonyl (C=O) groups excluding carboxylic acids is 2. The minimum atomic E-state index is -4.31. The van der Waals surface area contributed by atoms with Crippen LogP contribution in [0.5, 0.6) is 5.75 Å². The zero-order valence-electron chi connectivity index (χ0n) is 18.8. The highest BCUT2D eigenvalue weighted by Crippen LogP contribution is 2.33. The number of carbonyl (C=O) groups is 3.